The molecule has 9 nitrogen and oxygen atoms in total. The fourth-order valence-corrected chi connectivity index (χ4v) is 7.90. The molecule has 4 aliphatic rings. The maximum absolute atomic E-state index is 15.0. The van der Waals surface area contributed by atoms with Gasteiger partial charge >= 0.3 is 6.01 Å². The van der Waals surface area contributed by atoms with Crippen molar-refractivity contribution in [3.05, 3.63) is 35.6 Å². The van der Waals surface area contributed by atoms with Gasteiger partial charge in [-0.1, -0.05) is 18.1 Å². The van der Waals surface area contributed by atoms with Crippen LogP contribution in [0.25, 0.3) is 33.1 Å². The lowest BCUT2D eigenvalue weighted by Crippen LogP contribution is -2.51. The lowest BCUT2D eigenvalue weighted by Gasteiger charge is -2.33. The molecule has 2 bridgehead atoms. The highest BCUT2D eigenvalue weighted by molar-refractivity contribution is 6.05. The molecule has 4 saturated heterocycles. The molecule has 0 saturated carbocycles. The van der Waals surface area contributed by atoms with Crippen LogP contribution in [0.5, 0.6) is 11.8 Å². The number of phenolic OH excluding ortho intramolecular Hbond substituents is 1. The molecule has 0 radical (unpaired) electrons. The molecule has 4 aromatic rings. The van der Waals surface area contributed by atoms with Crippen molar-refractivity contribution < 1.29 is 23.1 Å². The van der Waals surface area contributed by atoms with Gasteiger partial charge in [0.2, 0.25) is 5.58 Å². The topological polar surface area (TPSA) is 99.8 Å². The summed E-state index contributed by atoms with van der Waals surface area (Å²) in [5.74, 6) is 0.326. The van der Waals surface area contributed by atoms with Crippen LogP contribution < -0.4 is 15.0 Å². The minimum absolute atomic E-state index is 0.0363. The maximum atomic E-state index is 15.0. The summed E-state index contributed by atoms with van der Waals surface area (Å²) in [5.41, 5.74) is 1.98. The fraction of sp³-hybridized carbons (Fsp3) is 0.516. The highest BCUT2D eigenvalue weighted by atomic mass is 19.1. The van der Waals surface area contributed by atoms with Gasteiger partial charge in [0.05, 0.1) is 5.54 Å². The Morgan fingerprint density at radius 1 is 1.17 bits per heavy atom. The van der Waals surface area contributed by atoms with Gasteiger partial charge < -0.3 is 24.6 Å². The van der Waals surface area contributed by atoms with Crippen LogP contribution in [0.15, 0.2) is 28.8 Å². The van der Waals surface area contributed by atoms with E-state index in [9.17, 15) is 13.9 Å². The second-order valence-corrected chi connectivity index (χ2v) is 12.4. The number of nitrogens with one attached hydrogen (secondary N) is 1. The molecule has 4 aliphatic heterocycles. The number of anilines is 1. The lowest BCUT2D eigenvalue weighted by molar-refractivity contribution is 0.107. The number of hydrogen-bond donors (Lipinski definition) is 2. The third-order valence-corrected chi connectivity index (χ3v) is 9.79. The number of hydrogen-bond acceptors (Lipinski definition) is 9. The van der Waals surface area contributed by atoms with Crippen LogP contribution in [0, 0.1) is 5.82 Å². The maximum Gasteiger partial charge on any atom is 0.319 e. The third kappa shape index (κ3) is 4.11. The zero-order valence-corrected chi connectivity index (χ0v) is 23.6. The fourth-order valence-electron chi connectivity index (χ4n) is 7.90. The highest BCUT2D eigenvalue weighted by Crippen LogP contribution is 2.43. The number of aryl methyl sites for hydroxylation is 1. The molecule has 4 fully saturated rings. The molecule has 2 aromatic carbocycles. The Balaban J connectivity index is 1.27. The monoisotopic (exact) mass is 576 g/mol. The number of fused-ring (bicyclic) bond motifs is 5. The first-order valence-corrected chi connectivity index (χ1v) is 15.1. The van der Waals surface area contributed by atoms with Crippen molar-refractivity contribution >= 4 is 27.7 Å². The molecule has 4 atom stereocenters. The number of aromatic nitrogens is 3. The number of benzene rings is 2. The van der Waals surface area contributed by atoms with Gasteiger partial charge in [0.1, 0.15) is 35.6 Å². The second-order valence-electron chi connectivity index (χ2n) is 12.4. The van der Waals surface area contributed by atoms with Gasteiger partial charge in [0.25, 0.3) is 0 Å². The van der Waals surface area contributed by atoms with Crippen LogP contribution in [-0.4, -0.2) is 81.7 Å². The van der Waals surface area contributed by atoms with E-state index in [1.165, 1.54) is 6.07 Å². The number of rotatable bonds is 6. The molecule has 42 heavy (non-hydrogen) atoms. The van der Waals surface area contributed by atoms with E-state index >= 15 is 0 Å². The minimum Gasteiger partial charge on any atom is -0.508 e. The SMILES string of the molecule is CCc1c(F)ccc2cc(O)cc(-c3noc4c(N5CC6CCC(C5)N6)nc(OC[C@@]56CCCN5C[C@H](F)C6)nc34)c12. The number of phenols is 1. The Hall–Kier alpha value is -3.57. The molecule has 8 rings (SSSR count). The van der Waals surface area contributed by atoms with Gasteiger partial charge in [0.15, 0.2) is 5.82 Å². The molecule has 220 valence electrons. The standard InChI is InChI=1S/C31H34F2N6O3/c1-2-22-24(33)7-4-17-10-21(40)11-23(25(17)22)26-27-28(42-37-26)29(38-14-19-5-6-20(15-38)34-19)36-30(35-27)41-16-31-8-3-9-39(31)13-18(32)12-31/h4,7,10-11,18-20,34,40H,2-3,5-6,8-9,12-16H2,1H3/t18-,19?,20?,31+/m1/s1. The summed E-state index contributed by atoms with van der Waals surface area (Å²) in [6.07, 6.45) is 4.14. The van der Waals surface area contributed by atoms with E-state index in [0.717, 1.165) is 45.3 Å². The normalized spacial score (nSPS) is 27.4. The zero-order chi connectivity index (χ0) is 28.6. The molecular formula is C31H34F2N6O3. The van der Waals surface area contributed by atoms with Crippen molar-refractivity contribution in [1.29, 1.82) is 0 Å². The third-order valence-electron chi connectivity index (χ3n) is 9.79. The number of aromatic hydroxyl groups is 1. The molecule has 6 heterocycles. The smallest absolute Gasteiger partial charge is 0.319 e. The molecule has 2 aromatic heterocycles. The van der Waals surface area contributed by atoms with Crippen LogP contribution in [0.1, 0.15) is 44.6 Å². The van der Waals surface area contributed by atoms with E-state index in [4.69, 9.17) is 19.2 Å². The predicted octanol–water partition coefficient (Wildman–Crippen LogP) is 4.74. The van der Waals surface area contributed by atoms with Gasteiger partial charge in [-0.05, 0) is 73.2 Å². The van der Waals surface area contributed by atoms with Gasteiger partial charge in [-0.25, -0.2) is 8.78 Å². The number of alkyl halides is 1. The van der Waals surface area contributed by atoms with Crippen LogP contribution in [-0.2, 0) is 6.42 Å². The summed E-state index contributed by atoms with van der Waals surface area (Å²) >= 11 is 0. The summed E-state index contributed by atoms with van der Waals surface area (Å²) in [4.78, 5) is 14.1. The van der Waals surface area contributed by atoms with Gasteiger partial charge in [0, 0.05) is 43.7 Å². The van der Waals surface area contributed by atoms with Gasteiger partial charge in [-0.2, -0.15) is 9.97 Å². The van der Waals surface area contributed by atoms with E-state index in [-0.39, 0.29) is 23.1 Å². The molecule has 0 aliphatic carbocycles. The first-order valence-electron chi connectivity index (χ1n) is 15.1. The number of piperazine rings is 1. The lowest BCUT2D eigenvalue weighted by atomic mass is 9.95. The second kappa shape index (κ2) is 9.74. The Morgan fingerprint density at radius 2 is 2.00 bits per heavy atom. The minimum atomic E-state index is -0.860. The molecule has 2 N–H and O–H groups in total. The first-order chi connectivity index (χ1) is 20.4. The van der Waals surface area contributed by atoms with Gasteiger partial charge in [-0.15, -0.1) is 0 Å². The van der Waals surface area contributed by atoms with Crippen molar-refractivity contribution in [2.75, 3.05) is 37.7 Å². The molecule has 0 amide bonds. The summed E-state index contributed by atoms with van der Waals surface area (Å²) in [6.45, 7) is 5.03. The average molecular weight is 577 g/mol. The molecule has 0 spiro atoms. The van der Waals surface area contributed by atoms with E-state index in [1.54, 1.807) is 18.2 Å². The Morgan fingerprint density at radius 3 is 2.81 bits per heavy atom. The Labute approximate surface area is 241 Å². The van der Waals surface area contributed by atoms with Crippen LogP contribution in [0.3, 0.4) is 0 Å². The van der Waals surface area contributed by atoms with E-state index < -0.39 is 6.17 Å². The van der Waals surface area contributed by atoms with Crippen molar-refractivity contribution in [3.63, 3.8) is 0 Å². The molecular weight excluding hydrogens is 542 g/mol. The zero-order valence-electron chi connectivity index (χ0n) is 23.6. The van der Waals surface area contributed by atoms with Crippen LogP contribution in [0.2, 0.25) is 0 Å². The summed E-state index contributed by atoms with van der Waals surface area (Å²) in [6, 6.07) is 7.19. The van der Waals surface area contributed by atoms with E-state index in [1.807, 2.05) is 6.92 Å². The van der Waals surface area contributed by atoms with Gasteiger partial charge in [-0.3, -0.25) is 4.90 Å². The Bertz CT molecular complexity index is 1680. The Kier molecular flexibility index (Phi) is 6.05. The average Bonchev–Trinajstić information content (AvgIpc) is 3.73. The van der Waals surface area contributed by atoms with Crippen molar-refractivity contribution in [2.45, 2.75) is 69.2 Å². The van der Waals surface area contributed by atoms with E-state index in [0.29, 0.717) is 82.6 Å². The highest BCUT2D eigenvalue weighted by Gasteiger charge is 2.49. The first kappa shape index (κ1) is 26.1. The largest absolute Gasteiger partial charge is 0.508 e. The number of nitrogens with zero attached hydrogens (tertiary/aromatic N) is 5. The van der Waals surface area contributed by atoms with Crippen LogP contribution in [0.4, 0.5) is 14.6 Å². The van der Waals surface area contributed by atoms with Crippen LogP contribution >= 0.6 is 0 Å². The number of halogens is 2. The summed E-state index contributed by atoms with van der Waals surface area (Å²) in [5, 5.41) is 20.1. The molecule has 11 heteroatoms. The van der Waals surface area contributed by atoms with Crippen molar-refractivity contribution in [2.24, 2.45) is 0 Å². The summed E-state index contributed by atoms with van der Waals surface area (Å²) in [7, 11) is 0. The summed E-state index contributed by atoms with van der Waals surface area (Å²) < 4.78 is 41.7. The van der Waals surface area contributed by atoms with E-state index in [2.05, 4.69) is 20.3 Å². The molecule has 2 unspecified atom stereocenters. The van der Waals surface area contributed by atoms with Crippen molar-refractivity contribution in [3.8, 4) is 23.0 Å². The van der Waals surface area contributed by atoms with Crippen molar-refractivity contribution in [1.82, 2.24) is 25.3 Å². The quantitative estimate of drug-likeness (QED) is 0.337. The predicted molar refractivity (Wildman–Crippen MR) is 154 cm³/mol. The number of ether oxygens (including phenoxy) is 1.